The first-order valence-corrected chi connectivity index (χ1v) is 10.5. The van der Waals surface area contributed by atoms with Crippen LogP contribution in [0, 0.1) is 23.2 Å². The van der Waals surface area contributed by atoms with Gasteiger partial charge in [0.1, 0.15) is 12.6 Å². The molecule has 0 fully saturated rings. The Labute approximate surface area is 184 Å². The van der Waals surface area contributed by atoms with Crippen molar-refractivity contribution in [1.29, 1.82) is 5.26 Å². The molecule has 32 heavy (non-hydrogen) atoms. The second kappa shape index (κ2) is 7.31. The fourth-order valence-electron chi connectivity index (χ4n) is 5.41. The van der Waals surface area contributed by atoms with Gasteiger partial charge in [-0.3, -0.25) is 19.4 Å². The predicted molar refractivity (Wildman–Crippen MR) is 114 cm³/mol. The minimum Gasteiger partial charge on any atom is -0.480 e. The van der Waals surface area contributed by atoms with Gasteiger partial charge in [-0.25, -0.2) is 0 Å². The lowest BCUT2D eigenvalue weighted by Gasteiger charge is -2.47. The molecule has 0 saturated carbocycles. The number of rotatable bonds is 4. The number of nitrogens with one attached hydrogen (secondary N) is 1. The fraction of sp³-hybridized carbons (Fsp3) is 0.292. The van der Waals surface area contributed by atoms with Crippen molar-refractivity contribution in [3.63, 3.8) is 0 Å². The first-order chi connectivity index (χ1) is 15.5. The summed E-state index contributed by atoms with van der Waals surface area (Å²) in [4.78, 5) is 23.9. The fourth-order valence-corrected chi connectivity index (χ4v) is 5.41. The zero-order valence-electron chi connectivity index (χ0n) is 17.4. The number of allylic oxidation sites excluding steroid dienone is 2. The number of fused-ring (bicyclic) bond motifs is 3. The van der Waals surface area contributed by atoms with Gasteiger partial charge in [0.15, 0.2) is 5.78 Å². The average molecular weight is 427 g/mol. The van der Waals surface area contributed by atoms with E-state index in [4.69, 9.17) is 5.11 Å². The standard InChI is InChI=1S/C24H21N5O3/c1-14-19-8-7-18-21(16-11-26-29(12-16)13-20(30)31)27-28-23(18)24(19,9-15(10-25)22(14)32)17-5-3-2-4-6-17/h2-6,9,11-12,14,19H,7-8,13H2,1H3,(H,27,28)(H,30,31)/t14-,19-,24+/m0/s1. The summed E-state index contributed by atoms with van der Waals surface area (Å²) in [5.74, 6) is -1.38. The lowest BCUT2D eigenvalue weighted by Crippen LogP contribution is -2.48. The smallest absolute Gasteiger partial charge is 0.325 e. The third kappa shape index (κ3) is 2.82. The molecule has 8 heteroatoms. The Hall–Kier alpha value is -3.99. The monoisotopic (exact) mass is 427 g/mol. The Morgan fingerprint density at radius 1 is 1.38 bits per heavy atom. The van der Waals surface area contributed by atoms with Crippen LogP contribution in [-0.2, 0) is 28.0 Å². The van der Waals surface area contributed by atoms with Crippen LogP contribution in [0.5, 0.6) is 0 Å². The van der Waals surface area contributed by atoms with Crippen molar-refractivity contribution in [2.75, 3.05) is 0 Å². The Bertz CT molecular complexity index is 1300. The van der Waals surface area contributed by atoms with Gasteiger partial charge in [-0.1, -0.05) is 37.3 Å². The molecule has 160 valence electrons. The van der Waals surface area contributed by atoms with Crippen molar-refractivity contribution >= 4 is 11.8 Å². The van der Waals surface area contributed by atoms with Crippen molar-refractivity contribution in [2.24, 2.45) is 11.8 Å². The van der Waals surface area contributed by atoms with E-state index in [0.717, 1.165) is 40.9 Å². The van der Waals surface area contributed by atoms with Crippen molar-refractivity contribution < 1.29 is 14.7 Å². The molecule has 3 atom stereocenters. The van der Waals surface area contributed by atoms with Gasteiger partial charge in [-0.15, -0.1) is 0 Å². The van der Waals surface area contributed by atoms with E-state index in [0.29, 0.717) is 0 Å². The summed E-state index contributed by atoms with van der Waals surface area (Å²) in [6.07, 6.45) is 6.60. The maximum atomic E-state index is 12.8. The highest BCUT2D eigenvalue weighted by atomic mass is 16.4. The number of ketones is 1. The van der Waals surface area contributed by atoms with E-state index in [1.54, 1.807) is 12.4 Å². The molecule has 0 amide bonds. The molecule has 2 aliphatic carbocycles. The van der Waals surface area contributed by atoms with Gasteiger partial charge >= 0.3 is 5.97 Å². The Balaban J connectivity index is 1.72. The molecule has 0 aliphatic heterocycles. The molecule has 8 nitrogen and oxygen atoms in total. The van der Waals surface area contributed by atoms with Gasteiger partial charge in [-0.05, 0) is 30.4 Å². The number of aliphatic carboxylic acids is 1. The quantitative estimate of drug-likeness (QED) is 0.660. The summed E-state index contributed by atoms with van der Waals surface area (Å²) < 4.78 is 1.37. The predicted octanol–water partition coefficient (Wildman–Crippen LogP) is 2.88. The second-order valence-corrected chi connectivity index (χ2v) is 8.45. The van der Waals surface area contributed by atoms with Crippen LogP contribution in [0.2, 0.25) is 0 Å². The maximum absolute atomic E-state index is 12.8. The summed E-state index contributed by atoms with van der Waals surface area (Å²) in [7, 11) is 0. The van der Waals surface area contributed by atoms with Crippen molar-refractivity contribution in [3.8, 4) is 17.3 Å². The highest BCUT2D eigenvalue weighted by Crippen LogP contribution is 2.54. The van der Waals surface area contributed by atoms with Gasteiger partial charge in [0.25, 0.3) is 0 Å². The van der Waals surface area contributed by atoms with Crippen LogP contribution < -0.4 is 0 Å². The molecule has 2 aromatic heterocycles. The van der Waals surface area contributed by atoms with Gasteiger partial charge in [0.05, 0.1) is 28.6 Å². The number of H-pyrrole nitrogens is 1. The number of benzene rings is 1. The molecule has 0 unspecified atom stereocenters. The molecule has 5 rings (SSSR count). The molecule has 1 aromatic carbocycles. The number of carboxylic acid groups (broad SMARTS) is 1. The Kier molecular flexibility index (Phi) is 4.55. The van der Waals surface area contributed by atoms with E-state index in [1.807, 2.05) is 43.3 Å². The van der Waals surface area contributed by atoms with E-state index in [9.17, 15) is 14.9 Å². The van der Waals surface area contributed by atoms with E-state index < -0.39 is 11.4 Å². The number of hydrogen-bond acceptors (Lipinski definition) is 5. The first kappa shape index (κ1) is 19.9. The molecule has 0 saturated heterocycles. The SMILES string of the molecule is C[C@@H]1C(=O)C(C#N)=C[C@]2(c3ccccc3)c3[nH]nc(-c4cnn(CC(=O)O)c4)c3CC[C@@H]12. The summed E-state index contributed by atoms with van der Waals surface area (Å²) in [5.41, 5.74) is 3.86. The molecule has 2 aliphatic rings. The van der Waals surface area contributed by atoms with Gasteiger partial charge in [0.2, 0.25) is 0 Å². The lowest BCUT2D eigenvalue weighted by molar-refractivity contribution is -0.137. The lowest BCUT2D eigenvalue weighted by atomic mass is 9.54. The molecule has 3 aromatic rings. The van der Waals surface area contributed by atoms with E-state index in [-0.39, 0.29) is 29.7 Å². The minimum absolute atomic E-state index is 0.00923. The Morgan fingerprint density at radius 3 is 2.88 bits per heavy atom. The van der Waals surface area contributed by atoms with Crippen molar-refractivity contribution in [2.45, 2.75) is 31.7 Å². The highest BCUT2D eigenvalue weighted by molar-refractivity contribution is 6.02. The number of aromatic amines is 1. The van der Waals surface area contributed by atoms with Crippen LogP contribution in [0.25, 0.3) is 11.3 Å². The second-order valence-electron chi connectivity index (χ2n) is 8.45. The first-order valence-electron chi connectivity index (χ1n) is 10.5. The van der Waals surface area contributed by atoms with Crippen LogP contribution >= 0.6 is 0 Å². The number of Topliss-reactive ketones (excluding diaryl/α,β-unsaturated/α-hetero) is 1. The van der Waals surface area contributed by atoms with Crippen LogP contribution in [0.3, 0.4) is 0 Å². The zero-order valence-corrected chi connectivity index (χ0v) is 17.4. The number of carboxylic acids is 1. The molecule has 0 radical (unpaired) electrons. The highest BCUT2D eigenvalue weighted by Gasteiger charge is 2.53. The molecular weight excluding hydrogens is 406 g/mol. The van der Waals surface area contributed by atoms with Gasteiger partial charge in [-0.2, -0.15) is 15.5 Å². The molecule has 0 spiro atoms. The van der Waals surface area contributed by atoms with E-state index >= 15 is 0 Å². The Morgan fingerprint density at radius 2 is 2.16 bits per heavy atom. The molecule has 0 bridgehead atoms. The summed E-state index contributed by atoms with van der Waals surface area (Å²) in [6, 6.07) is 12.0. The van der Waals surface area contributed by atoms with Gasteiger partial charge in [0, 0.05) is 23.2 Å². The number of nitriles is 1. The summed E-state index contributed by atoms with van der Waals surface area (Å²) in [5, 5.41) is 30.7. The number of aromatic nitrogens is 4. The number of hydrogen-bond donors (Lipinski definition) is 2. The third-order valence-electron chi connectivity index (χ3n) is 6.80. The molecular formula is C24H21N5O3. The minimum atomic E-state index is -0.968. The number of carbonyl (C=O) groups excluding carboxylic acids is 1. The molecule has 2 heterocycles. The number of carbonyl (C=O) groups is 2. The molecule has 2 N–H and O–H groups in total. The maximum Gasteiger partial charge on any atom is 0.325 e. The number of nitrogens with zero attached hydrogens (tertiary/aromatic N) is 4. The average Bonchev–Trinajstić information content (AvgIpc) is 3.43. The van der Waals surface area contributed by atoms with Gasteiger partial charge < -0.3 is 5.11 Å². The largest absolute Gasteiger partial charge is 0.480 e. The topological polar surface area (TPSA) is 125 Å². The normalized spacial score (nSPS) is 24.2. The van der Waals surface area contributed by atoms with Crippen LogP contribution in [0.1, 0.15) is 30.2 Å². The van der Waals surface area contributed by atoms with E-state index in [2.05, 4.69) is 21.4 Å². The third-order valence-corrected chi connectivity index (χ3v) is 6.80. The van der Waals surface area contributed by atoms with Crippen LogP contribution in [0.15, 0.2) is 54.4 Å². The van der Waals surface area contributed by atoms with Crippen LogP contribution in [-0.4, -0.2) is 36.8 Å². The van der Waals surface area contributed by atoms with Crippen molar-refractivity contribution in [1.82, 2.24) is 20.0 Å². The van der Waals surface area contributed by atoms with Crippen LogP contribution in [0.4, 0.5) is 0 Å². The van der Waals surface area contributed by atoms with E-state index in [1.165, 1.54) is 4.68 Å². The van der Waals surface area contributed by atoms with Crippen molar-refractivity contribution in [3.05, 3.63) is 71.2 Å². The summed E-state index contributed by atoms with van der Waals surface area (Å²) >= 11 is 0. The zero-order chi connectivity index (χ0) is 22.5. The summed E-state index contributed by atoms with van der Waals surface area (Å²) in [6.45, 7) is 1.68.